The fourth-order valence-corrected chi connectivity index (χ4v) is 2.35. The normalized spacial score (nSPS) is 11.6. The van der Waals surface area contributed by atoms with Crippen LogP contribution in [0.25, 0.3) is 11.0 Å². The lowest BCUT2D eigenvalue weighted by Gasteiger charge is -2.11. The van der Waals surface area contributed by atoms with E-state index in [0.717, 1.165) is 11.0 Å². The van der Waals surface area contributed by atoms with Crippen LogP contribution in [0.15, 0.2) is 64.2 Å². The fourth-order valence-electron chi connectivity index (χ4n) is 2.35. The summed E-state index contributed by atoms with van der Waals surface area (Å²) in [5, 5.41) is 7.22. The number of hydrogen-bond acceptors (Lipinski definition) is 5. The zero-order valence-electron chi connectivity index (χ0n) is 14.3. The second-order valence-corrected chi connectivity index (χ2v) is 5.52. The lowest BCUT2D eigenvalue weighted by Crippen LogP contribution is -2.18. The first-order valence-electron chi connectivity index (χ1n) is 8.02. The maximum Gasteiger partial charge on any atom is 0.387 e. The van der Waals surface area contributed by atoms with E-state index in [4.69, 9.17) is 9.25 Å². The Kier molecular flexibility index (Phi) is 5.65. The van der Waals surface area contributed by atoms with Gasteiger partial charge in [0.2, 0.25) is 0 Å². The molecule has 0 fully saturated rings. The van der Waals surface area contributed by atoms with Crippen LogP contribution in [0, 0.1) is 0 Å². The van der Waals surface area contributed by atoms with Crippen LogP contribution in [-0.2, 0) is 9.63 Å². The van der Waals surface area contributed by atoms with Crippen molar-refractivity contribution in [3.8, 4) is 5.75 Å². The molecule has 0 atom stereocenters. The molecular weight excluding hydrogens is 358 g/mol. The molecule has 1 amide bonds. The van der Waals surface area contributed by atoms with E-state index in [2.05, 4.69) is 15.2 Å². The molecule has 0 aliphatic heterocycles. The van der Waals surface area contributed by atoms with Gasteiger partial charge in [-0.15, -0.1) is 0 Å². The SMILES string of the molecule is C/C(=N/OCC(=O)Nc1ccccc1OC(F)F)c1cc2ccccc2o1. The minimum atomic E-state index is -2.99. The van der Waals surface area contributed by atoms with Gasteiger partial charge in [-0.3, -0.25) is 4.79 Å². The number of anilines is 1. The topological polar surface area (TPSA) is 73.1 Å². The molecule has 8 heteroatoms. The standard InChI is InChI=1S/C19H16F2N2O4/c1-12(17-10-13-6-2-4-8-15(13)26-17)23-25-11-18(24)22-14-7-3-5-9-16(14)27-19(20)21/h2-10,19H,11H2,1H3,(H,22,24)/b23-12-. The van der Waals surface area contributed by atoms with E-state index < -0.39 is 19.1 Å². The van der Waals surface area contributed by atoms with Crippen LogP contribution in [0.5, 0.6) is 5.75 Å². The number of benzene rings is 2. The van der Waals surface area contributed by atoms with Crippen molar-refractivity contribution >= 4 is 28.3 Å². The van der Waals surface area contributed by atoms with Gasteiger partial charge in [0, 0.05) is 5.39 Å². The summed E-state index contributed by atoms with van der Waals surface area (Å²) < 4.78 is 34.7. The molecule has 140 valence electrons. The minimum Gasteiger partial charge on any atom is -0.455 e. The molecule has 0 unspecified atom stereocenters. The third-order valence-electron chi connectivity index (χ3n) is 3.56. The summed E-state index contributed by atoms with van der Waals surface area (Å²) in [5.41, 5.74) is 1.29. The molecule has 1 heterocycles. The van der Waals surface area contributed by atoms with Gasteiger partial charge in [0.15, 0.2) is 12.4 Å². The highest BCUT2D eigenvalue weighted by atomic mass is 19.3. The highest BCUT2D eigenvalue weighted by Crippen LogP contribution is 2.25. The Morgan fingerprint density at radius 2 is 1.93 bits per heavy atom. The quantitative estimate of drug-likeness (QED) is 0.491. The van der Waals surface area contributed by atoms with Crippen LogP contribution in [-0.4, -0.2) is 24.8 Å². The maximum atomic E-state index is 12.4. The average Bonchev–Trinajstić information content (AvgIpc) is 3.07. The predicted molar refractivity (Wildman–Crippen MR) is 96.1 cm³/mol. The number of carbonyl (C=O) groups is 1. The van der Waals surface area contributed by atoms with Crippen molar-refractivity contribution in [1.29, 1.82) is 0 Å². The first kappa shape index (κ1) is 18.4. The number of nitrogens with one attached hydrogen (secondary N) is 1. The van der Waals surface area contributed by atoms with E-state index in [0.29, 0.717) is 11.5 Å². The second kappa shape index (κ2) is 8.31. The van der Waals surface area contributed by atoms with Crippen molar-refractivity contribution in [3.05, 3.63) is 60.4 Å². The van der Waals surface area contributed by atoms with Crippen LogP contribution < -0.4 is 10.1 Å². The zero-order valence-corrected chi connectivity index (χ0v) is 14.3. The smallest absolute Gasteiger partial charge is 0.387 e. The number of nitrogens with zero attached hydrogens (tertiary/aromatic N) is 1. The van der Waals surface area contributed by atoms with Gasteiger partial charge < -0.3 is 19.3 Å². The van der Waals surface area contributed by atoms with Crippen molar-refractivity contribution in [1.82, 2.24) is 0 Å². The summed E-state index contributed by atoms with van der Waals surface area (Å²) in [6.45, 7) is -1.71. The molecule has 0 spiro atoms. The van der Waals surface area contributed by atoms with Crippen molar-refractivity contribution in [2.75, 3.05) is 11.9 Å². The number of rotatable bonds is 7. The summed E-state index contributed by atoms with van der Waals surface area (Å²) in [6, 6.07) is 15.2. The van der Waals surface area contributed by atoms with Crippen molar-refractivity contribution in [2.24, 2.45) is 5.16 Å². The van der Waals surface area contributed by atoms with Gasteiger partial charge in [-0.2, -0.15) is 8.78 Å². The Morgan fingerprint density at radius 3 is 2.70 bits per heavy atom. The molecule has 0 saturated carbocycles. The first-order chi connectivity index (χ1) is 13.0. The summed E-state index contributed by atoms with van der Waals surface area (Å²) in [4.78, 5) is 17.0. The molecular formula is C19H16F2N2O4. The number of oxime groups is 1. The highest BCUT2D eigenvalue weighted by Gasteiger charge is 2.12. The molecule has 3 rings (SSSR count). The van der Waals surface area contributed by atoms with E-state index in [1.165, 1.54) is 18.2 Å². The molecule has 0 saturated heterocycles. The molecule has 1 N–H and O–H groups in total. The van der Waals surface area contributed by atoms with Gasteiger partial charge in [0.05, 0.1) is 5.69 Å². The largest absolute Gasteiger partial charge is 0.455 e. The zero-order chi connectivity index (χ0) is 19.2. The van der Waals surface area contributed by atoms with Gasteiger partial charge in [-0.05, 0) is 31.2 Å². The predicted octanol–water partition coefficient (Wildman–Crippen LogP) is 4.41. The third kappa shape index (κ3) is 4.81. The molecule has 2 aromatic carbocycles. The number of alkyl halides is 2. The summed E-state index contributed by atoms with van der Waals surface area (Å²) in [6.07, 6.45) is 0. The number of furan rings is 1. The lowest BCUT2D eigenvalue weighted by atomic mass is 10.2. The van der Waals surface area contributed by atoms with Crippen LogP contribution in [0.2, 0.25) is 0 Å². The molecule has 0 aliphatic rings. The number of fused-ring (bicyclic) bond motifs is 1. The Balaban J connectivity index is 1.58. The number of amides is 1. The Labute approximate surface area is 153 Å². The van der Waals surface area contributed by atoms with Crippen LogP contribution >= 0.6 is 0 Å². The van der Waals surface area contributed by atoms with Crippen LogP contribution in [0.4, 0.5) is 14.5 Å². The van der Waals surface area contributed by atoms with Crippen molar-refractivity contribution < 1.29 is 27.6 Å². The maximum absolute atomic E-state index is 12.4. The highest BCUT2D eigenvalue weighted by molar-refractivity contribution is 5.99. The third-order valence-corrected chi connectivity index (χ3v) is 3.56. The molecule has 3 aromatic rings. The van der Waals surface area contributed by atoms with Crippen LogP contribution in [0.1, 0.15) is 12.7 Å². The number of carbonyl (C=O) groups excluding carboxylic acids is 1. The van der Waals surface area contributed by atoms with E-state index in [1.807, 2.05) is 30.3 Å². The van der Waals surface area contributed by atoms with Crippen molar-refractivity contribution in [3.63, 3.8) is 0 Å². The van der Waals surface area contributed by atoms with Gasteiger partial charge in [-0.1, -0.05) is 35.5 Å². The molecule has 1 aromatic heterocycles. The van der Waals surface area contributed by atoms with Gasteiger partial charge in [0.1, 0.15) is 17.0 Å². The van der Waals surface area contributed by atoms with E-state index >= 15 is 0 Å². The van der Waals surface area contributed by atoms with Crippen molar-refractivity contribution in [2.45, 2.75) is 13.5 Å². The molecule has 0 aliphatic carbocycles. The van der Waals surface area contributed by atoms with E-state index in [9.17, 15) is 13.6 Å². The number of ether oxygens (including phenoxy) is 1. The van der Waals surface area contributed by atoms with Gasteiger partial charge in [-0.25, -0.2) is 0 Å². The number of para-hydroxylation sites is 3. The number of hydrogen-bond donors (Lipinski definition) is 1. The fraction of sp³-hybridized carbons (Fsp3) is 0.158. The second-order valence-electron chi connectivity index (χ2n) is 5.52. The van der Waals surface area contributed by atoms with Gasteiger partial charge in [0.25, 0.3) is 5.91 Å². The van der Waals surface area contributed by atoms with Gasteiger partial charge >= 0.3 is 6.61 Å². The Morgan fingerprint density at radius 1 is 1.19 bits per heavy atom. The molecule has 0 radical (unpaired) electrons. The summed E-state index contributed by atoms with van der Waals surface area (Å²) >= 11 is 0. The first-order valence-corrected chi connectivity index (χ1v) is 8.02. The number of halogens is 2. The monoisotopic (exact) mass is 374 g/mol. The van der Waals surface area contributed by atoms with E-state index in [1.54, 1.807) is 13.0 Å². The molecule has 27 heavy (non-hydrogen) atoms. The minimum absolute atomic E-state index is 0.115. The summed E-state index contributed by atoms with van der Waals surface area (Å²) in [5.74, 6) is -0.184. The summed E-state index contributed by atoms with van der Waals surface area (Å²) in [7, 11) is 0. The molecule has 0 bridgehead atoms. The van der Waals surface area contributed by atoms with E-state index in [-0.39, 0.29) is 11.4 Å². The average molecular weight is 374 g/mol. The lowest BCUT2D eigenvalue weighted by molar-refractivity contribution is -0.120. The molecule has 6 nitrogen and oxygen atoms in total. The Bertz CT molecular complexity index is 936. The van der Waals surface area contributed by atoms with Crippen LogP contribution in [0.3, 0.4) is 0 Å². The Hall–Kier alpha value is -3.42.